The Morgan fingerprint density at radius 2 is 2.14 bits per heavy atom. The van der Waals surface area contributed by atoms with Crippen molar-refractivity contribution in [1.82, 2.24) is 0 Å². The zero-order valence-corrected chi connectivity index (χ0v) is 15.5. The SMILES string of the molecule is NC(=O)CC(N)c1cc([N+](=O)[O-])ccc1OCc1cc(Cl)cc2c1OCOC2. The van der Waals surface area contributed by atoms with Crippen LogP contribution in [-0.2, 0) is 22.7 Å². The lowest BCUT2D eigenvalue weighted by Gasteiger charge is -2.22. The molecule has 0 radical (unpaired) electrons. The number of carbonyl (C=O) groups is 1. The van der Waals surface area contributed by atoms with Gasteiger partial charge in [0.25, 0.3) is 5.69 Å². The van der Waals surface area contributed by atoms with Crippen LogP contribution < -0.4 is 20.9 Å². The molecule has 1 aliphatic rings. The molecule has 1 amide bonds. The Morgan fingerprint density at radius 1 is 1.36 bits per heavy atom. The topological polar surface area (TPSA) is 140 Å². The Kier molecular flexibility index (Phi) is 5.98. The standard InChI is InChI=1S/C18H18ClN3O6/c19-12-3-10-7-26-9-28-18(10)11(4-12)8-27-16-2-1-13(22(24)25)5-14(16)15(20)6-17(21)23/h1-5,15H,6-9,20H2,(H2,21,23). The smallest absolute Gasteiger partial charge is 0.270 e. The highest BCUT2D eigenvalue weighted by atomic mass is 35.5. The van der Waals surface area contributed by atoms with Crippen molar-refractivity contribution in [2.75, 3.05) is 6.79 Å². The van der Waals surface area contributed by atoms with E-state index in [4.69, 9.17) is 37.3 Å². The second-order valence-corrected chi connectivity index (χ2v) is 6.65. The third-order valence-electron chi connectivity index (χ3n) is 4.16. The molecule has 1 aliphatic heterocycles. The van der Waals surface area contributed by atoms with E-state index in [1.807, 2.05) is 0 Å². The first-order valence-corrected chi connectivity index (χ1v) is 8.70. The van der Waals surface area contributed by atoms with Gasteiger partial charge >= 0.3 is 0 Å². The van der Waals surface area contributed by atoms with Gasteiger partial charge in [-0.05, 0) is 18.2 Å². The molecule has 3 rings (SSSR count). The maximum atomic E-state index is 11.2. The van der Waals surface area contributed by atoms with Gasteiger partial charge in [-0.1, -0.05) is 11.6 Å². The number of benzene rings is 2. The van der Waals surface area contributed by atoms with Crippen molar-refractivity contribution >= 4 is 23.2 Å². The molecule has 148 valence electrons. The predicted molar refractivity (Wildman–Crippen MR) is 99.9 cm³/mol. The number of non-ortho nitro benzene ring substituents is 1. The molecule has 0 saturated carbocycles. The fraction of sp³-hybridized carbons (Fsp3) is 0.278. The number of primary amides is 1. The van der Waals surface area contributed by atoms with E-state index in [2.05, 4.69) is 0 Å². The molecule has 2 aromatic rings. The second kappa shape index (κ2) is 8.42. The van der Waals surface area contributed by atoms with Crippen molar-refractivity contribution in [2.24, 2.45) is 11.5 Å². The molecule has 0 aromatic heterocycles. The van der Waals surface area contributed by atoms with Gasteiger partial charge < -0.3 is 25.7 Å². The Morgan fingerprint density at radius 3 is 2.86 bits per heavy atom. The van der Waals surface area contributed by atoms with Crippen molar-refractivity contribution < 1.29 is 23.9 Å². The second-order valence-electron chi connectivity index (χ2n) is 6.21. The van der Waals surface area contributed by atoms with E-state index in [0.29, 0.717) is 34.3 Å². The molecule has 0 saturated heterocycles. The van der Waals surface area contributed by atoms with Crippen LogP contribution in [0.2, 0.25) is 5.02 Å². The van der Waals surface area contributed by atoms with Gasteiger partial charge in [-0.3, -0.25) is 14.9 Å². The van der Waals surface area contributed by atoms with E-state index in [0.717, 1.165) is 5.56 Å². The van der Waals surface area contributed by atoms with Crippen LogP contribution in [0.25, 0.3) is 0 Å². The van der Waals surface area contributed by atoms with Crippen molar-refractivity contribution in [3.05, 3.63) is 62.2 Å². The third kappa shape index (κ3) is 4.50. The summed E-state index contributed by atoms with van der Waals surface area (Å²) in [6, 6.07) is 6.63. The molecule has 0 aliphatic carbocycles. The van der Waals surface area contributed by atoms with Gasteiger partial charge in [-0.15, -0.1) is 0 Å². The highest BCUT2D eigenvalue weighted by molar-refractivity contribution is 6.30. The summed E-state index contributed by atoms with van der Waals surface area (Å²) in [5.41, 5.74) is 12.8. The lowest BCUT2D eigenvalue weighted by Crippen LogP contribution is -2.21. The number of nitrogens with zero attached hydrogens (tertiary/aromatic N) is 1. The van der Waals surface area contributed by atoms with Crippen LogP contribution in [0.3, 0.4) is 0 Å². The Balaban J connectivity index is 1.89. The molecule has 1 atom stereocenters. The Bertz CT molecular complexity index is 920. The lowest BCUT2D eigenvalue weighted by atomic mass is 10.0. The maximum Gasteiger partial charge on any atom is 0.270 e. The zero-order valence-electron chi connectivity index (χ0n) is 14.7. The van der Waals surface area contributed by atoms with E-state index in [1.165, 1.54) is 18.2 Å². The van der Waals surface area contributed by atoms with Gasteiger partial charge in [0.1, 0.15) is 18.1 Å². The number of carbonyl (C=O) groups excluding carboxylic acids is 1. The first-order chi connectivity index (χ1) is 13.3. The molecule has 1 heterocycles. The van der Waals surface area contributed by atoms with Gasteiger partial charge in [0.2, 0.25) is 5.91 Å². The number of nitro benzene ring substituents is 1. The molecule has 10 heteroatoms. The summed E-state index contributed by atoms with van der Waals surface area (Å²) in [6.45, 7) is 0.570. The zero-order chi connectivity index (χ0) is 20.3. The van der Waals surface area contributed by atoms with Crippen LogP contribution in [-0.4, -0.2) is 17.6 Å². The van der Waals surface area contributed by atoms with Crippen LogP contribution in [0, 0.1) is 10.1 Å². The molecule has 1 unspecified atom stereocenters. The van der Waals surface area contributed by atoms with E-state index in [-0.39, 0.29) is 25.5 Å². The number of nitrogens with two attached hydrogens (primary N) is 2. The summed E-state index contributed by atoms with van der Waals surface area (Å²) in [5, 5.41) is 11.6. The van der Waals surface area contributed by atoms with Gasteiger partial charge in [0.05, 0.1) is 11.5 Å². The molecule has 4 N–H and O–H groups in total. The highest BCUT2D eigenvalue weighted by Gasteiger charge is 2.21. The largest absolute Gasteiger partial charge is 0.488 e. The number of halogens is 1. The van der Waals surface area contributed by atoms with Gasteiger partial charge in [-0.25, -0.2) is 0 Å². The average molecular weight is 408 g/mol. The van der Waals surface area contributed by atoms with Gasteiger partial charge in [-0.2, -0.15) is 0 Å². The van der Waals surface area contributed by atoms with Gasteiger partial charge in [0, 0.05) is 46.3 Å². The van der Waals surface area contributed by atoms with E-state index in [9.17, 15) is 14.9 Å². The molecular formula is C18H18ClN3O6. The molecule has 0 fully saturated rings. The molecule has 0 bridgehead atoms. The van der Waals surface area contributed by atoms with Crippen LogP contribution >= 0.6 is 11.6 Å². The van der Waals surface area contributed by atoms with Crippen LogP contribution in [0.1, 0.15) is 29.2 Å². The normalized spacial score (nSPS) is 13.9. The number of hydrogen-bond donors (Lipinski definition) is 2. The van der Waals surface area contributed by atoms with Crippen molar-refractivity contribution in [3.8, 4) is 11.5 Å². The van der Waals surface area contributed by atoms with Crippen molar-refractivity contribution in [3.63, 3.8) is 0 Å². The summed E-state index contributed by atoms with van der Waals surface area (Å²) in [6.07, 6.45) is -0.176. The lowest BCUT2D eigenvalue weighted by molar-refractivity contribution is -0.385. The minimum atomic E-state index is -0.842. The summed E-state index contributed by atoms with van der Waals surface area (Å²) >= 11 is 6.15. The fourth-order valence-corrected chi connectivity index (χ4v) is 3.18. The third-order valence-corrected chi connectivity index (χ3v) is 4.38. The van der Waals surface area contributed by atoms with Crippen LogP contribution in [0.5, 0.6) is 11.5 Å². The number of rotatable bonds is 7. The summed E-state index contributed by atoms with van der Waals surface area (Å²) < 4.78 is 16.6. The maximum absolute atomic E-state index is 11.2. The number of hydrogen-bond acceptors (Lipinski definition) is 7. The summed E-state index contributed by atoms with van der Waals surface area (Å²) in [7, 11) is 0. The predicted octanol–water partition coefficient (Wildman–Crippen LogP) is 2.57. The molecule has 28 heavy (non-hydrogen) atoms. The molecular weight excluding hydrogens is 390 g/mol. The first kappa shape index (κ1) is 19.9. The van der Waals surface area contributed by atoms with E-state index >= 15 is 0 Å². The molecule has 9 nitrogen and oxygen atoms in total. The van der Waals surface area contributed by atoms with Crippen LogP contribution in [0.15, 0.2) is 30.3 Å². The minimum absolute atomic E-state index is 0.0804. The fourth-order valence-electron chi connectivity index (χ4n) is 2.92. The number of amides is 1. The van der Waals surface area contributed by atoms with Crippen molar-refractivity contribution in [2.45, 2.75) is 25.7 Å². The number of nitro groups is 1. The Labute approximate surface area is 165 Å². The molecule has 2 aromatic carbocycles. The molecule has 0 spiro atoms. The van der Waals surface area contributed by atoms with E-state index in [1.54, 1.807) is 12.1 Å². The number of fused-ring (bicyclic) bond motifs is 1. The minimum Gasteiger partial charge on any atom is -0.488 e. The first-order valence-electron chi connectivity index (χ1n) is 8.32. The monoisotopic (exact) mass is 407 g/mol. The average Bonchev–Trinajstić information content (AvgIpc) is 2.65. The van der Waals surface area contributed by atoms with Gasteiger partial charge in [0.15, 0.2) is 6.79 Å². The van der Waals surface area contributed by atoms with Crippen molar-refractivity contribution in [1.29, 1.82) is 0 Å². The Hall–Kier alpha value is -2.88. The number of ether oxygens (including phenoxy) is 3. The summed E-state index contributed by atoms with van der Waals surface area (Å²) in [5.74, 6) is 0.308. The highest BCUT2D eigenvalue weighted by Crippen LogP contribution is 2.34. The summed E-state index contributed by atoms with van der Waals surface area (Å²) in [4.78, 5) is 21.7. The quantitative estimate of drug-likeness (QED) is 0.530. The van der Waals surface area contributed by atoms with E-state index < -0.39 is 16.9 Å². The van der Waals surface area contributed by atoms with Crippen LogP contribution in [0.4, 0.5) is 5.69 Å².